The van der Waals surface area contributed by atoms with Crippen molar-refractivity contribution in [3.8, 4) is 0 Å². The number of amides is 2. The summed E-state index contributed by atoms with van der Waals surface area (Å²) in [5.41, 5.74) is -1.84. The van der Waals surface area contributed by atoms with Crippen LogP contribution in [0.15, 0.2) is 33.9 Å². The molecule has 0 radical (unpaired) electrons. The molecular weight excluding hydrogens is 438 g/mol. The van der Waals surface area contributed by atoms with Gasteiger partial charge in [0.2, 0.25) is 12.5 Å². The fraction of sp³-hybridized carbons (Fsp3) is 0.353. The normalized spacial score (nSPS) is 23.2. The van der Waals surface area contributed by atoms with Gasteiger partial charge >= 0.3 is 11.9 Å². The maximum absolute atomic E-state index is 12.9. The van der Waals surface area contributed by atoms with Crippen molar-refractivity contribution in [3.05, 3.63) is 33.7 Å². The molecule has 1 saturated heterocycles. The van der Waals surface area contributed by atoms with Gasteiger partial charge in [0, 0.05) is 23.3 Å². The van der Waals surface area contributed by atoms with E-state index in [2.05, 4.69) is 15.3 Å². The van der Waals surface area contributed by atoms with Gasteiger partial charge in [-0.25, -0.2) is 9.59 Å². The van der Waals surface area contributed by atoms with Gasteiger partial charge in [0.15, 0.2) is 0 Å². The Bertz CT molecular complexity index is 929. The molecule has 30 heavy (non-hydrogen) atoms. The summed E-state index contributed by atoms with van der Waals surface area (Å²) in [6, 6.07) is 3.59. The molecule has 11 nitrogen and oxygen atoms in total. The number of methoxy groups -OCH3 is 1. The summed E-state index contributed by atoms with van der Waals surface area (Å²) >= 11 is 2.57. The molecule has 2 aliphatic rings. The molecule has 0 bridgehead atoms. The summed E-state index contributed by atoms with van der Waals surface area (Å²) in [6.45, 7) is -0.687. The van der Waals surface area contributed by atoms with E-state index in [0.717, 1.165) is 16.0 Å². The van der Waals surface area contributed by atoms with E-state index in [-0.39, 0.29) is 23.4 Å². The first-order chi connectivity index (χ1) is 14.3. The van der Waals surface area contributed by atoms with Crippen LogP contribution >= 0.6 is 23.1 Å². The second kappa shape index (κ2) is 8.85. The van der Waals surface area contributed by atoms with Gasteiger partial charge in [0.25, 0.3) is 11.6 Å². The topological polar surface area (TPSA) is 155 Å². The van der Waals surface area contributed by atoms with Crippen LogP contribution in [0.2, 0.25) is 0 Å². The zero-order valence-corrected chi connectivity index (χ0v) is 17.2. The number of fused-ring (bicyclic) bond motifs is 1. The SMILES string of the molecule is CO[C@@]1(NC(=O)Cc2cccs2)C(=O)N2C(C(=O)O)=C(/C=N/OCC(=O)O)CS[C@@H]21. The molecule has 0 saturated carbocycles. The second-order valence-electron chi connectivity index (χ2n) is 6.16. The molecule has 1 aromatic heterocycles. The quantitative estimate of drug-likeness (QED) is 0.203. The number of thioether (sulfide) groups is 1. The minimum Gasteiger partial charge on any atom is -0.479 e. The highest BCUT2D eigenvalue weighted by Crippen LogP contribution is 2.46. The van der Waals surface area contributed by atoms with Crippen LogP contribution in [0.3, 0.4) is 0 Å². The lowest BCUT2D eigenvalue weighted by Crippen LogP contribution is -2.80. The van der Waals surface area contributed by atoms with E-state index in [9.17, 15) is 24.3 Å². The van der Waals surface area contributed by atoms with Crippen molar-refractivity contribution in [1.29, 1.82) is 0 Å². The third-order valence-corrected chi connectivity index (χ3v) is 6.51. The third-order valence-electron chi connectivity index (χ3n) is 4.30. The van der Waals surface area contributed by atoms with E-state index in [1.54, 1.807) is 12.1 Å². The van der Waals surface area contributed by atoms with Crippen molar-refractivity contribution in [2.24, 2.45) is 5.16 Å². The average Bonchev–Trinajstić information content (AvgIpc) is 3.21. The average molecular weight is 455 g/mol. The van der Waals surface area contributed by atoms with E-state index < -0.39 is 41.5 Å². The molecule has 1 fully saturated rings. The smallest absolute Gasteiger partial charge is 0.353 e. The fourth-order valence-electron chi connectivity index (χ4n) is 3.02. The van der Waals surface area contributed by atoms with Gasteiger partial charge in [-0.05, 0) is 11.4 Å². The number of carbonyl (C=O) groups excluding carboxylic acids is 2. The van der Waals surface area contributed by atoms with E-state index in [0.29, 0.717) is 0 Å². The molecule has 2 aliphatic heterocycles. The van der Waals surface area contributed by atoms with E-state index in [1.807, 2.05) is 5.38 Å². The van der Waals surface area contributed by atoms with Crippen LogP contribution in [0.5, 0.6) is 0 Å². The van der Waals surface area contributed by atoms with Crippen molar-refractivity contribution in [3.63, 3.8) is 0 Å². The first-order valence-electron chi connectivity index (χ1n) is 8.47. The molecule has 160 valence electrons. The van der Waals surface area contributed by atoms with Crippen LogP contribution < -0.4 is 5.32 Å². The lowest BCUT2D eigenvalue weighted by atomic mass is 9.98. The summed E-state index contributed by atoms with van der Waals surface area (Å²) in [5, 5.41) is 25.2. The molecule has 1 aromatic rings. The summed E-state index contributed by atoms with van der Waals surface area (Å²) < 4.78 is 5.35. The number of aliphatic carboxylic acids is 2. The number of ether oxygens (including phenoxy) is 1. The predicted octanol–water partition coefficient (Wildman–Crippen LogP) is 0.0903. The number of hydrogen-bond donors (Lipinski definition) is 3. The Hall–Kier alpha value is -2.90. The number of carbonyl (C=O) groups is 4. The van der Waals surface area contributed by atoms with Crippen LogP contribution in [-0.2, 0) is 35.2 Å². The largest absolute Gasteiger partial charge is 0.479 e. The number of rotatable bonds is 9. The van der Waals surface area contributed by atoms with Crippen molar-refractivity contribution >= 4 is 53.1 Å². The molecule has 3 heterocycles. The van der Waals surface area contributed by atoms with E-state index >= 15 is 0 Å². The van der Waals surface area contributed by atoms with Crippen molar-refractivity contribution in [2.75, 3.05) is 19.5 Å². The summed E-state index contributed by atoms with van der Waals surface area (Å²) in [5.74, 6) is -3.64. The first-order valence-corrected chi connectivity index (χ1v) is 10.4. The number of nitrogens with zero attached hydrogens (tertiary/aromatic N) is 2. The third kappa shape index (κ3) is 4.04. The standard InChI is InChI=1S/C17H17N3O8S2/c1-27-17(19-11(21)5-10-3-2-4-29-10)15(26)20-13(14(24)25)9(8-30-16(17)20)6-18-28-7-12(22)23/h2-4,6,16H,5,7-8H2,1H3,(H,19,21)(H,22,23)(H,24,25)/b18-6+/t16-,17+/m1/s1. The van der Waals surface area contributed by atoms with Gasteiger partial charge in [-0.15, -0.1) is 23.1 Å². The number of thiophene rings is 1. The van der Waals surface area contributed by atoms with E-state index in [1.165, 1.54) is 30.2 Å². The maximum Gasteiger partial charge on any atom is 0.353 e. The van der Waals surface area contributed by atoms with Gasteiger partial charge < -0.3 is 25.1 Å². The Balaban J connectivity index is 1.79. The van der Waals surface area contributed by atoms with Gasteiger partial charge in [0.05, 0.1) is 12.6 Å². The molecule has 13 heteroatoms. The zero-order valence-electron chi connectivity index (χ0n) is 15.6. The molecule has 2 atom stereocenters. The molecular formula is C17H17N3O8S2. The van der Waals surface area contributed by atoms with Crippen LogP contribution in [0.25, 0.3) is 0 Å². The van der Waals surface area contributed by atoms with Gasteiger partial charge in [-0.1, -0.05) is 11.2 Å². The highest BCUT2D eigenvalue weighted by atomic mass is 32.2. The zero-order chi connectivity index (χ0) is 21.9. The van der Waals surface area contributed by atoms with Gasteiger partial charge in [-0.2, -0.15) is 0 Å². The molecule has 3 rings (SSSR count). The Kier molecular flexibility index (Phi) is 6.43. The number of β-lactam (4-membered cyclic amide) rings is 1. The highest BCUT2D eigenvalue weighted by molar-refractivity contribution is 8.00. The fourth-order valence-corrected chi connectivity index (χ4v) is 5.11. The lowest BCUT2D eigenvalue weighted by Gasteiger charge is -2.55. The first kappa shape index (κ1) is 21.8. The van der Waals surface area contributed by atoms with Gasteiger partial charge in [-0.3, -0.25) is 14.5 Å². The molecule has 0 unspecified atom stereocenters. The maximum atomic E-state index is 12.9. The summed E-state index contributed by atoms with van der Waals surface area (Å²) in [4.78, 5) is 53.9. The predicted molar refractivity (Wildman–Crippen MR) is 106 cm³/mol. The summed E-state index contributed by atoms with van der Waals surface area (Å²) in [6.07, 6.45) is 1.12. The monoisotopic (exact) mass is 455 g/mol. The van der Waals surface area contributed by atoms with Crippen LogP contribution in [0, 0.1) is 0 Å². The molecule has 2 amide bonds. The minimum absolute atomic E-state index is 0.0634. The van der Waals surface area contributed by atoms with Crippen molar-refractivity contribution < 1.29 is 39.0 Å². The van der Waals surface area contributed by atoms with Crippen LogP contribution in [0.4, 0.5) is 0 Å². The van der Waals surface area contributed by atoms with Crippen molar-refractivity contribution in [1.82, 2.24) is 10.2 Å². The second-order valence-corrected chi connectivity index (χ2v) is 8.26. The Morgan fingerprint density at radius 3 is 2.80 bits per heavy atom. The van der Waals surface area contributed by atoms with Crippen molar-refractivity contribution in [2.45, 2.75) is 17.5 Å². The molecule has 0 aromatic carbocycles. The number of nitrogens with one attached hydrogen (secondary N) is 1. The Labute approximate surface area is 178 Å². The molecule has 0 spiro atoms. The number of hydrogen-bond acceptors (Lipinski definition) is 9. The van der Waals surface area contributed by atoms with Gasteiger partial charge in [0.1, 0.15) is 11.1 Å². The molecule has 0 aliphatic carbocycles. The summed E-state index contributed by atoms with van der Waals surface area (Å²) in [7, 11) is 1.27. The lowest BCUT2D eigenvalue weighted by molar-refractivity contribution is -0.192. The minimum atomic E-state index is -1.68. The van der Waals surface area contributed by atoms with Crippen LogP contribution in [0.1, 0.15) is 4.88 Å². The number of carboxylic acid groups (broad SMARTS) is 2. The van der Waals surface area contributed by atoms with E-state index in [4.69, 9.17) is 9.84 Å². The number of carboxylic acids is 2. The van der Waals surface area contributed by atoms with Crippen LogP contribution in [-0.4, -0.2) is 75.6 Å². The highest BCUT2D eigenvalue weighted by Gasteiger charge is 2.66. The number of oxime groups is 1. The Morgan fingerprint density at radius 2 is 2.20 bits per heavy atom. The molecule has 3 N–H and O–H groups in total. The Morgan fingerprint density at radius 1 is 1.43 bits per heavy atom.